The number of carbonyl (C=O) groups is 2. The third-order valence-electron chi connectivity index (χ3n) is 7.62. The summed E-state index contributed by atoms with van der Waals surface area (Å²) in [5, 5.41) is 0. The van der Waals surface area contributed by atoms with E-state index in [0.717, 1.165) is 57.8 Å². The molecule has 0 saturated carbocycles. The number of nitrogens with zero attached hydrogens (tertiary/aromatic N) is 4. The molecule has 0 bridgehead atoms. The zero-order valence-corrected chi connectivity index (χ0v) is 25.1. The maximum absolute atomic E-state index is 14.2. The van der Waals surface area contributed by atoms with Crippen LogP contribution in [-0.2, 0) is 22.4 Å². The molecule has 0 fully saturated rings. The van der Waals surface area contributed by atoms with E-state index < -0.39 is 17.7 Å². The van der Waals surface area contributed by atoms with Crippen molar-refractivity contribution in [3.05, 3.63) is 71.8 Å². The summed E-state index contributed by atoms with van der Waals surface area (Å²) in [6, 6.07) is 7.60. The lowest BCUT2D eigenvalue weighted by Crippen LogP contribution is -2.52. The van der Waals surface area contributed by atoms with Crippen molar-refractivity contribution >= 4 is 12.0 Å². The largest absolute Gasteiger partial charge is 0.444 e. The second kappa shape index (κ2) is 15.5. The number of allylic oxidation sites excluding steroid dienone is 1. The first-order valence-electron chi connectivity index (χ1n) is 14.8. The van der Waals surface area contributed by atoms with Gasteiger partial charge in [-0.05, 0) is 115 Å². The Morgan fingerprint density at radius 2 is 1.52 bits per heavy atom. The van der Waals surface area contributed by atoms with Crippen LogP contribution in [0.3, 0.4) is 0 Å². The van der Waals surface area contributed by atoms with Gasteiger partial charge in [0.05, 0.1) is 0 Å². The van der Waals surface area contributed by atoms with Gasteiger partial charge in [-0.15, -0.1) is 0 Å². The second-order valence-electron chi connectivity index (χ2n) is 12.0. The van der Waals surface area contributed by atoms with Gasteiger partial charge in [0.15, 0.2) is 0 Å². The highest BCUT2D eigenvalue weighted by molar-refractivity contribution is 5.86. The molecule has 2 amide bonds. The van der Waals surface area contributed by atoms with Crippen molar-refractivity contribution in [1.29, 1.82) is 0 Å². The molecule has 0 aliphatic heterocycles. The van der Waals surface area contributed by atoms with Crippen molar-refractivity contribution in [3.63, 3.8) is 0 Å². The Labute approximate surface area is 241 Å². The van der Waals surface area contributed by atoms with Crippen molar-refractivity contribution in [2.45, 2.75) is 109 Å². The second-order valence-corrected chi connectivity index (χ2v) is 12.0. The Hall–Kier alpha value is -3.22. The van der Waals surface area contributed by atoms with Crippen LogP contribution in [-0.4, -0.2) is 63.5 Å². The number of hydrogen-bond donors (Lipinski definition) is 0. The molecule has 2 aromatic heterocycles. The number of aromatic nitrogens is 2. The van der Waals surface area contributed by atoms with Crippen molar-refractivity contribution in [2.75, 3.05) is 14.1 Å². The first-order chi connectivity index (χ1) is 19.1. The van der Waals surface area contributed by atoms with E-state index in [4.69, 9.17) is 4.74 Å². The van der Waals surface area contributed by atoms with Crippen molar-refractivity contribution < 1.29 is 14.3 Å². The summed E-state index contributed by atoms with van der Waals surface area (Å²) in [6.45, 7) is 5.56. The normalized spacial score (nSPS) is 14.4. The predicted octanol–water partition coefficient (Wildman–Crippen LogP) is 6.78. The number of carbonyl (C=O) groups excluding carboxylic acids is 2. The number of ether oxygens (including phenoxy) is 1. The lowest BCUT2D eigenvalue weighted by atomic mass is 9.92. The van der Waals surface area contributed by atoms with Crippen LogP contribution in [0.4, 0.5) is 4.79 Å². The van der Waals surface area contributed by atoms with Crippen LogP contribution in [0.15, 0.2) is 60.7 Å². The van der Waals surface area contributed by atoms with Crippen LogP contribution in [0.2, 0.25) is 0 Å². The average molecular weight is 549 g/mol. The molecule has 218 valence electrons. The van der Waals surface area contributed by atoms with Crippen molar-refractivity contribution in [2.24, 2.45) is 0 Å². The number of likely N-dealkylation sites (N-methyl/N-ethyl adjacent to an activating group) is 2. The topological polar surface area (TPSA) is 75.6 Å². The van der Waals surface area contributed by atoms with Gasteiger partial charge >= 0.3 is 6.09 Å². The molecule has 0 saturated heterocycles. The van der Waals surface area contributed by atoms with Gasteiger partial charge in [-0.25, -0.2) is 4.79 Å². The Bertz CT molecular complexity index is 1040. The predicted molar refractivity (Wildman–Crippen MR) is 160 cm³/mol. The summed E-state index contributed by atoms with van der Waals surface area (Å²) in [6.07, 6.45) is 19.6. The van der Waals surface area contributed by atoms with E-state index in [2.05, 4.69) is 28.2 Å². The fraction of sp³-hybridized carbons (Fsp3) is 0.576. The van der Waals surface area contributed by atoms with Gasteiger partial charge in [-0.1, -0.05) is 23.8 Å². The summed E-state index contributed by atoms with van der Waals surface area (Å²) in [7, 11) is 3.61. The van der Waals surface area contributed by atoms with Crippen LogP contribution in [0.5, 0.6) is 0 Å². The Balaban J connectivity index is 1.75. The van der Waals surface area contributed by atoms with Crippen LogP contribution in [0.1, 0.15) is 89.7 Å². The highest BCUT2D eigenvalue weighted by atomic mass is 16.6. The van der Waals surface area contributed by atoms with Crippen LogP contribution >= 0.6 is 0 Å². The maximum atomic E-state index is 14.2. The van der Waals surface area contributed by atoms with Gasteiger partial charge in [0.2, 0.25) is 5.91 Å². The molecule has 3 rings (SSSR count). The van der Waals surface area contributed by atoms with Crippen LogP contribution in [0, 0.1) is 0 Å². The van der Waals surface area contributed by atoms with E-state index >= 15 is 0 Å². The minimum atomic E-state index is -0.629. The molecule has 2 heterocycles. The third kappa shape index (κ3) is 10.4. The molecule has 1 aliphatic rings. The molecule has 0 aromatic carbocycles. The van der Waals surface area contributed by atoms with E-state index in [1.807, 2.05) is 57.2 Å². The summed E-state index contributed by atoms with van der Waals surface area (Å²) in [5.74, 6) is -0.0208. The molecule has 1 atom stereocenters. The number of hydrogen-bond acceptors (Lipinski definition) is 5. The number of pyridine rings is 2. The van der Waals surface area contributed by atoms with Gasteiger partial charge in [-0.2, -0.15) is 0 Å². The monoisotopic (exact) mass is 548 g/mol. The summed E-state index contributed by atoms with van der Waals surface area (Å²) in [5.41, 5.74) is 3.05. The molecule has 7 nitrogen and oxygen atoms in total. The Kier molecular flexibility index (Phi) is 12.2. The molecule has 1 unspecified atom stereocenters. The lowest BCUT2D eigenvalue weighted by Gasteiger charge is -2.36. The number of rotatable bonds is 13. The zero-order chi connectivity index (χ0) is 29.0. The van der Waals surface area contributed by atoms with Gasteiger partial charge in [0.1, 0.15) is 11.6 Å². The number of amides is 2. The van der Waals surface area contributed by atoms with Crippen molar-refractivity contribution in [1.82, 2.24) is 19.8 Å². The van der Waals surface area contributed by atoms with Gasteiger partial charge in [0, 0.05) is 44.9 Å². The van der Waals surface area contributed by atoms with E-state index in [1.54, 1.807) is 19.4 Å². The smallest absolute Gasteiger partial charge is 0.410 e. The van der Waals surface area contributed by atoms with Gasteiger partial charge in [-0.3, -0.25) is 19.7 Å². The minimum Gasteiger partial charge on any atom is -0.444 e. The van der Waals surface area contributed by atoms with E-state index in [1.165, 1.54) is 28.0 Å². The highest BCUT2D eigenvalue weighted by Crippen LogP contribution is 2.26. The first-order valence-corrected chi connectivity index (χ1v) is 14.8. The Morgan fingerprint density at radius 1 is 0.925 bits per heavy atom. The SMILES string of the molecule is CN(C(=O)C(CC1=CCCCC1)N(C)C(=O)OC(C)(C)C)C(CCCc1cccnc1)CCCc1cccnc1. The van der Waals surface area contributed by atoms with E-state index in [-0.39, 0.29) is 11.9 Å². The van der Waals surface area contributed by atoms with E-state index in [0.29, 0.717) is 6.42 Å². The molecule has 0 radical (unpaired) electrons. The van der Waals surface area contributed by atoms with E-state index in [9.17, 15) is 9.59 Å². The molecule has 40 heavy (non-hydrogen) atoms. The highest BCUT2D eigenvalue weighted by Gasteiger charge is 2.34. The molecular weight excluding hydrogens is 500 g/mol. The van der Waals surface area contributed by atoms with Crippen LogP contribution < -0.4 is 0 Å². The van der Waals surface area contributed by atoms with Crippen LogP contribution in [0.25, 0.3) is 0 Å². The van der Waals surface area contributed by atoms with Gasteiger partial charge in [0.25, 0.3) is 0 Å². The maximum Gasteiger partial charge on any atom is 0.410 e. The molecule has 7 heteroatoms. The average Bonchev–Trinajstić information content (AvgIpc) is 2.95. The molecule has 2 aromatic rings. The van der Waals surface area contributed by atoms with Crippen molar-refractivity contribution in [3.8, 4) is 0 Å². The molecule has 0 spiro atoms. The Morgan fingerprint density at radius 3 is 2.00 bits per heavy atom. The molecular formula is C33H48N4O3. The molecule has 1 aliphatic carbocycles. The summed E-state index contributed by atoms with van der Waals surface area (Å²) < 4.78 is 5.67. The lowest BCUT2D eigenvalue weighted by molar-refractivity contribution is -0.137. The molecule has 0 N–H and O–H groups in total. The number of aryl methyl sites for hydroxylation is 2. The van der Waals surface area contributed by atoms with Gasteiger partial charge < -0.3 is 9.64 Å². The zero-order valence-electron chi connectivity index (χ0n) is 25.1. The fourth-order valence-corrected chi connectivity index (χ4v) is 5.31. The quantitative estimate of drug-likeness (QED) is 0.258. The fourth-order valence-electron chi connectivity index (χ4n) is 5.31. The summed E-state index contributed by atoms with van der Waals surface area (Å²) in [4.78, 5) is 39.2. The third-order valence-corrected chi connectivity index (χ3v) is 7.62. The first kappa shape index (κ1) is 31.3. The summed E-state index contributed by atoms with van der Waals surface area (Å²) >= 11 is 0. The minimum absolute atomic E-state index is 0.0208. The standard InChI is InChI=1S/C33H48N4O3/c1-33(2,3)40-32(39)37(5)30(23-26-13-7-6-8-14-26)31(38)36(4)29(19-9-15-27-17-11-21-34-24-27)20-10-16-28-18-12-22-35-25-28/h11-13,17-18,21-22,24-25,29-30H,6-10,14-16,19-20,23H2,1-5H3.